The average molecular weight is 306 g/mol. The van der Waals surface area contributed by atoms with E-state index in [0.717, 1.165) is 17.8 Å². The summed E-state index contributed by atoms with van der Waals surface area (Å²) in [7, 11) is 0. The van der Waals surface area contributed by atoms with Gasteiger partial charge >= 0.3 is 6.03 Å². The van der Waals surface area contributed by atoms with E-state index in [0.29, 0.717) is 18.4 Å². The number of urea groups is 1. The van der Waals surface area contributed by atoms with Crippen LogP contribution in [0.4, 0.5) is 9.80 Å². The van der Waals surface area contributed by atoms with E-state index in [1.54, 1.807) is 0 Å². The summed E-state index contributed by atoms with van der Waals surface area (Å²) in [4.78, 5) is 11.8. The van der Waals surface area contributed by atoms with Crippen molar-refractivity contribution in [3.8, 4) is 0 Å². The number of tetrazole rings is 1. The maximum absolute atomic E-state index is 11.8. The van der Waals surface area contributed by atoms with Crippen LogP contribution in [0.25, 0.3) is 0 Å². The zero-order valence-corrected chi connectivity index (χ0v) is 12.5. The SMILES string of the molecule is O=C(NCc1nnnn1C1CCCCC1)Nc1cccs1. The van der Waals surface area contributed by atoms with E-state index in [4.69, 9.17) is 0 Å². The molecule has 0 radical (unpaired) electrons. The van der Waals surface area contributed by atoms with Crippen molar-refractivity contribution < 1.29 is 4.79 Å². The van der Waals surface area contributed by atoms with Gasteiger partial charge in [0.2, 0.25) is 0 Å². The van der Waals surface area contributed by atoms with Gasteiger partial charge in [0, 0.05) is 0 Å². The van der Waals surface area contributed by atoms with Crippen LogP contribution in [0.5, 0.6) is 0 Å². The molecule has 21 heavy (non-hydrogen) atoms. The third kappa shape index (κ3) is 3.57. The van der Waals surface area contributed by atoms with Crippen molar-refractivity contribution in [2.75, 3.05) is 5.32 Å². The van der Waals surface area contributed by atoms with Crippen molar-refractivity contribution in [1.29, 1.82) is 0 Å². The topological polar surface area (TPSA) is 84.7 Å². The molecule has 112 valence electrons. The number of thiophene rings is 1. The van der Waals surface area contributed by atoms with E-state index in [-0.39, 0.29) is 6.03 Å². The number of hydrogen-bond acceptors (Lipinski definition) is 5. The first-order chi connectivity index (χ1) is 10.3. The Bertz CT molecular complexity index is 575. The summed E-state index contributed by atoms with van der Waals surface area (Å²) in [5.41, 5.74) is 0. The van der Waals surface area contributed by atoms with Crippen LogP contribution in [0.2, 0.25) is 0 Å². The Morgan fingerprint density at radius 3 is 3.00 bits per heavy atom. The summed E-state index contributed by atoms with van der Waals surface area (Å²) >= 11 is 1.48. The molecule has 0 aliphatic heterocycles. The zero-order valence-electron chi connectivity index (χ0n) is 11.7. The molecule has 1 aliphatic carbocycles. The van der Waals surface area contributed by atoms with Gasteiger partial charge in [0.25, 0.3) is 0 Å². The quantitative estimate of drug-likeness (QED) is 0.909. The predicted molar refractivity (Wildman–Crippen MR) is 80.1 cm³/mol. The van der Waals surface area contributed by atoms with Crippen molar-refractivity contribution in [3.05, 3.63) is 23.3 Å². The van der Waals surface area contributed by atoms with Gasteiger partial charge in [-0.3, -0.25) is 5.32 Å². The highest BCUT2D eigenvalue weighted by atomic mass is 32.1. The maximum Gasteiger partial charge on any atom is 0.320 e. The van der Waals surface area contributed by atoms with Crippen LogP contribution >= 0.6 is 11.3 Å². The summed E-state index contributed by atoms with van der Waals surface area (Å²) in [6.45, 7) is 0.334. The number of nitrogens with zero attached hydrogens (tertiary/aromatic N) is 4. The highest BCUT2D eigenvalue weighted by Crippen LogP contribution is 2.27. The van der Waals surface area contributed by atoms with E-state index in [2.05, 4.69) is 26.2 Å². The first-order valence-corrected chi connectivity index (χ1v) is 8.06. The Morgan fingerprint density at radius 2 is 2.24 bits per heavy atom. The van der Waals surface area contributed by atoms with E-state index in [1.807, 2.05) is 22.2 Å². The molecule has 0 saturated heterocycles. The molecule has 3 rings (SSSR count). The number of aromatic nitrogens is 4. The molecule has 0 unspecified atom stereocenters. The highest BCUT2D eigenvalue weighted by molar-refractivity contribution is 7.14. The Labute approximate surface area is 126 Å². The van der Waals surface area contributed by atoms with Gasteiger partial charge in [0.15, 0.2) is 5.82 Å². The van der Waals surface area contributed by atoms with Crippen LogP contribution < -0.4 is 10.6 Å². The van der Waals surface area contributed by atoms with E-state index in [9.17, 15) is 4.79 Å². The van der Waals surface area contributed by atoms with Crippen LogP contribution in [-0.2, 0) is 6.54 Å². The van der Waals surface area contributed by atoms with E-state index >= 15 is 0 Å². The molecule has 2 aromatic rings. The molecular weight excluding hydrogens is 288 g/mol. The molecule has 0 bridgehead atoms. The molecule has 2 amide bonds. The average Bonchev–Trinajstić information content (AvgIpc) is 3.17. The molecule has 2 heterocycles. The van der Waals surface area contributed by atoms with Crippen LogP contribution in [0.1, 0.15) is 44.0 Å². The van der Waals surface area contributed by atoms with E-state index < -0.39 is 0 Å². The second-order valence-corrected chi connectivity index (χ2v) is 6.06. The monoisotopic (exact) mass is 306 g/mol. The van der Waals surface area contributed by atoms with Crippen molar-refractivity contribution in [2.45, 2.75) is 44.7 Å². The largest absolute Gasteiger partial charge is 0.330 e. The predicted octanol–water partition coefficient (Wildman–Crippen LogP) is 2.56. The fourth-order valence-electron chi connectivity index (χ4n) is 2.60. The van der Waals surface area contributed by atoms with Crippen LogP contribution in [0, 0.1) is 0 Å². The Kier molecular flexibility index (Phi) is 4.44. The Morgan fingerprint density at radius 1 is 1.38 bits per heavy atom. The smallest absolute Gasteiger partial charge is 0.320 e. The minimum atomic E-state index is -0.240. The summed E-state index contributed by atoms with van der Waals surface area (Å²) in [6, 6.07) is 3.88. The van der Waals surface area contributed by atoms with Gasteiger partial charge in [0.1, 0.15) is 0 Å². The third-order valence-corrected chi connectivity index (χ3v) is 4.43. The molecule has 0 atom stereocenters. The van der Waals surface area contributed by atoms with Gasteiger partial charge < -0.3 is 5.32 Å². The van der Waals surface area contributed by atoms with Crippen molar-refractivity contribution in [2.24, 2.45) is 0 Å². The normalized spacial score (nSPS) is 15.8. The standard InChI is InChI=1S/C13H18N6OS/c20-13(15-12-7-4-8-21-12)14-9-11-16-17-18-19(11)10-5-2-1-3-6-10/h4,7-8,10H,1-3,5-6,9H2,(H2,14,15,20). The summed E-state index contributed by atoms with van der Waals surface area (Å²) in [5, 5.41) is 20.2. The first kappa shape index (κ1) is 14.0. The van der Waals surface area contributed by atoms with E-state index in [1.165, 1.54) is 30.6 Å². The van der Waals surface area contributed by atoms with Gasteiger partial charge in [-0.15, -0.1) is 16.4 Å². The molecule has 0 aromatic carbocycles. The Hall–Kier alpha value is -1.96. The molecule has 2 aromatic heterocycles. The fourth-order valence-corrected chi connectivity index (χ4v) is 3.22. The number of anilines is 1. The number of carbonyl (C=O) groups is 1. The lowest BCUT2D eigenvalue weighted by atomic mass is 9.96. The fraction of sp³-hybridized carbons (Fsp3) is 0.538. The summed E-state index contributed by atoms with van der Waals surface area (Å²) in [5.74, 6) is 0.711. The van der Waals surface area contributed by atoms with Gasteiger partial charge in [0.05, 0.1) is 17.6 Å². The molecule has 1 saturated carbocycles. The van der Waals surface area contributed by atoms with Gasteiger partial charge in [-0.25, -0.2) is 9.48 Å². The maximum atomic E-state index is 11.8. The van der Waals surface area contributed by atoms with Crippen molar-refractivity contribution in [1.82, 2.24) is 25.5 Å². The van der Waals surface area contributed by atoms with Crippen LogP contribution in [-0.4, -0.2) is 26.2 Å². The van der Waals surface area contributed by atoms with Gasteiger partial charge in [-0.2, -0.15) is 0 Å². The minimum absolute atomic E-state index is 0.240. The second-order valence-electron chi connectivity index (χ2n) is 5.12. The van der Waals surface area contributed by atoms with Gasteiger partial charge in [-0.05, 0) is 40.8 Å². The molecule has 7 nitrogen and oxygen atoms in total. The molecule has 2 N–H and O–H groups in total. The summed E-state index contributed by atoms with van der Waals surface area (Å²) < 4.78 is 1.87. The van der Waals surface area contributed by atoms with Gasteiger partial charge in [-0.1, -0.05) is 19.3 Å². The van der Waals surface area contributed by atoms with Crippen LogP contribution in [0.3, 0.4) is 0 Å². The number of hydrogen-bond donors (Lipinski definition) is 2. The number of amides is 2. The zero-order chi connectivity index (χ0) is 14.5. The number of nitrogens with one attached hydrogen (secondary N) is 2. The minimum Gasteiger partial charge on any atom is -0.330 e. The van der Waals surface area contributed by atoms with Crippen LogP contribution in [0.15, 0.2) is 17.5 Å². The van der Waals surface area contributed by atoms with Crippen molar-refractivity contribution in [3.63, 3.8) is 0 Å². The first-order valence-electron chi connectivity index (χ1n) is 7.18. The molecular formula is C13H18N6OS. The highest BCUT2D eigenvalue weighted by Gasteiger charge is 2.20. The molecule has 1 aliphatic rings. The second kappa shape index (κ2) is 6.66. The molecule has 1 fully saturated rings. The Balaban J connectivity index is 1.55. The lowest BCUT2D eigenvalue weighted by Gasteiger charge is -2.22. The number of carbonyl (C=O) groups excluding carboxylic acids is 1. The van der Waals surface area contributed by atoms with Crippen molar-refractivity contribution >= 4 is 22.4 Å². The lowest BCUT2D eigenvalue weighted by Crippen LogP contribution is -2.30. The third-order valence-electron chi connectivity index (χ3n) is 3.65. The summed E-state index contributed by atoms with van der Waals surface area (Å²) in [6.07, 6.45) is 5.95. The molecule has 0 spiro atoms. The molecule has 8 heteroatoms. The lowest BCUT2D eigenvalue weighted by molar-refractivity contribution is 0.250. The number of rotatable bonds is 4.